The number of rotatable bonds is 5. The zero-order valence-electron chi connectivity index (χ0n) is 9.63. The number of benzene rings is 1. The summed E-state index contributed by atoms with van der Waals surface area (Å²) in [4.78, 5) is 0. The molecule has 2 N–H and O–H groups in total. The lowest BCUT2D eigenvalue weighted by molar-refractivity contribution is 0.443. The van der Waals surface area contributed by atoms with E-state index in [-0.39, 0.29) is 0 Å². The highest BCUT2D eigenvalue weighted by atomic mass is 14.5. The second kappa shape index (κ2) is 4.26. The van der Waals surface area contributed by atoms with Gasteiger partial charge in [-0.3, -0.25) is 0 Å². The van der Waals surface area contributed by atoms with Crippen LogP contribution in [0.5, 0.6) is 0 Å². The Kier molecular flexibility index (Phi) is 2.99. The van der Waals surface area contributed by atoms with Crippen LogP contribution in [0.2, 0.25) is 0 Å². The van der Waals surface area contributed by atoms with Crippen molar-refractivity contribution in [2.75, 3.05) is 5.73 Å². The first-order valence-electron chi connectivity index (χ1n) is 6.08. The summed E-state index contributed by atoms with van der Waals surface area (Å²) in [6, 6.07) is 8.38. The third-order valence-electron chi connectivity index (χ3n) is 3.55. The van der Waals surface area contributed by atoms with Gasteiger partial charge in [-0.1, -0.05) is 31.9 Å². The highest BCUT2D eigenvalue weighted by molar-refractivity contribution is 5.41. The maximum Gasteiger partial charge on any atom is 0.0316 e. The van der Waals surface area contributed by atoms with E-state index in [0.29, 0.717) is 5.41 Å². The van der Waals surface area contributed by atoms with Gasteiger partial charge in [0.1, 0.15) is 0 Å². The summed E-state index contributed by atoms with van der Waals surface area (Å²) in [6.45, 7) is 2.27. The van der Waals surface area contributed by atoms with Crippen LogP contribution in [0.1, 0.15) is 44.6 Å². The molecule has 0 atom stereocenters. The molecule has 2 rings (SSSR count). The minimum Gasteiger partial charge on any atom is -0.399 e. The van der Waals surface area contributed by atoms with Gasteiger partial charge in [0.15, 0.2) is 0 Å². The van der Waals surface area contributed by atoms with Gasteiger partial charge in [0.2, 0.25) is 0 Å². The summed E-state index contributed by atoms with van der Waals surface area (Å²) < 4.78 is 0. The van der Waals surface area contributed by atoms with E-state index in [9.17, 15) is 0 Å². The number of anilines is 1. The van der Waals surface area contributed by atoms with Crippen LogP contribution < -0.4 is 5.73 Å². The number of unbranched alkanes of at least 4 members (excludes halogenated alkanes) is 1. The van der Waals surface area contributed by atoms with Crippen molar-refractivity contribution in [3.63, 3.8) is 0 Å². The average molecular weight is 203 g/mol. The number of hydrogen-bond acceptors (Lipinski definition) is 1. The Bertz CT molecular complexity index is 326. The molecule has 82 valence electrons. The molecule has 0 unspecified atom stereocenters. The summed E-state index contributed by atoms with van der Waals surface area (Å²) in [5.74, 6) is 0. The molecule has 0 heterocycles. The lowest BCUT2D eigenvalue weighted by atomic mass is 9.91. The number of nitrogens with two attached hydrogens (primary N) is 1. The van der Waals surface area contributed by atoms with Gasteiger partial charge in [-0.05, 0) is 48.8 Å². The second-order valence-corrected chi connectivity index (χ2v) is 5.03. The summed E-state index contributed by atoms with van der Waals surface area (Å²) >= 11 is 0. The Morgan fingerprint density at radius 2 is 2.13 bits per heavy atom. The Labute approximate surface area is 92.7 Å². The maximum atomic E-state index is 5.80. The molecule has 1 saturated carbocycles. The van der Waals surface area contributed by atoms with Crippen LogP contribution in [0.3, 0.4) is 0 Å². The standard InChI is InChI=1S/C14H21N/c1-2-3-7-14(8-9-14)11-12-5-4-6-13(15)10-12/h4-6,10H,2-3,7-9,11,15H2,1H3. The molecule has 15 heavy (non-hydrogen) atoms. The summed E-state index contributed by atoms with van der Waals surface area (Å²) in [5.41, 5.74) is 8.76. The highest BCUT2D eigenvalue weighted by Crippen LogP contribution is 2.52. The van der Waals surface area contributed by atoms with Crippen LogP contribution in [-0.4, -0.2) is 0 Å². The highest BCUT2D eigenvalue weighted by Gasteiger charge is 2.41. The maximum absolute atomic E-state index is 5.80. The Balaban J connectivity index is 1.96. The minimum absolute atomic E-state index is 0.643. The molecule has 1 heteroatoms. The van der Waals surface area contributed by atoms with Gasteiger partial charge in [-0.15, -0.1) is 0 Å². The topological polar surface area (TPSA) is 26.0 Å². The quantitative estimate of drug-likeness (QED) is 0.724. The molecule has 0 saturated heterocycles. The Morgan fingerprint density at radius 3 is 2.73 bits per heavy atom. The first-order chi connectivity index (χ1) is 7.24. The molecule has 0 bridgehead atoms. The molecular formula is C14H21N. The van der Waals surface area contributed by atoms with Crippen LogP contribution in [-0.2, 0) is 6.42 Å². The molecule has 1 aromatic carbocycles. The number of hydrogen-bond donors (Lipinski definition) is 1. The summed E-state index contributed by atoms with van der Waals surface area (Å²) in [7, 11) is 0. The molecule has 0 aliphatic heterocycles. The van der Waals surface area contributed by atoms with Gasteiger partial charge in [-0.2, -0.15) is 0 Å². The van der Waals surface area contributed by atoms with E-state index in [2.05, 4.69) is 25.1 Å². The van der Waals surface area contributed by atoms with Crippen LogP contribution in [0.4, 0.5) is 5.69 Å². The van der Waals surface area contributed by atoms with E-state index < -0.39 is 0 Å². The van der Waals surface area contributed by atoms with Crippen molar-refractivity contribution in [2.45, 2.75) is 45.4 Å². The average Bonchev–Trinajstić information content (AvgIpc) is 2.96. The minimum atomic E-state index is 0.643. The van der Waals surface area contributed by atoms with E-state index in [1.54, 1.807) is 0 Å². The molecule has 1 aromatic rings. The lowest BCUT2D eigenvalue weighted by Crippen LogP contribution is -2.05. The van der Waals surface area contributed by atoms with E-state index in [0.717, 1.165) is 5.69 Å². The predicted octanol–water partition coefficient (Wildman–Crippen LogP) is 3.78. The normalized spacial score (nSPS) is 17.7. The van der Waals surface area contributed by atoms with Gasteiger partial charge in [0, 0.05) is 5.69 Å². The largest absolute Gasteiger partial charge is 0.399 e. The van der Waals surface area contributed by atoms with Crippen molar-refractivity contribution in [3.8, 4) is 0 Å². The van der Waals surface area contributed by atoms with E-state index in [1.807, 2.05) is 6.07 Å². The van der Waals surface area contributed by atoms with Crippen molar-refractivity contribution in [1.82, 2.24) is 0 Å². The van der Waals surface area contributed by atoms with Crippen molar-refractivity contribution in [1.29, 1.82) is 0 Å². The first-order valence-corrected chi connectivity index (χ1v) is 6.08. The molecule has 0 radical (unpaired) electrons. The third kappa shape index (κ3) is 2.74. The fourth-order valence-electron chi connectivity index (χ4n) is 2.38. The van der Waals surface area contributed by atoms with Crippen molar-refractivity contribution >= 4 is 5.69 Å². The van der Waals surface area contributed by atoms with Crippen LogP contribution in [0.25, 0.3) is 0 Å². The Morgan fingerprint density at radius 1 is 1.33 bits per heavy atom. The second-order valence-electron chi connectivity index (χ2n) is 5.03. The summed E-state index contributed by atoms with van der Waals surface area (Å²) in [6.07, 6.45) is 8.17. The zero-order valence-corrected chi connectivity index (χ0v) is 9.63. The fraction of sp³-hybridized carbons (Fsp3) is 0.571. The van der Waals surface area contributed by atoms with Crippen molar-refractivity contribution in [3.05, 3.63) is 29.8 Å². The predicted molar refractivity (Wildman–Crippen MR) is 65.8 cm³/mol. The van der Waals surface area contributed by atoms with Crippen LogP contribution in [0.15, 0.2) is 24.3 Å². The SMILES string of the molecule is CCCCC1(Cc2cccc(N)c2)CC1. The smallest absolute Gasteiger partial charge is 0.0316 e. The molecule has 1 fully saturated rings. The van der Waals surface area contributed by atoms with Gasteiger partial charge >= 0.3 is 0 Å². The molecule has 0 spiro atoms. The van der Waals surface area contributed by atoms with Gasteiger partial charge < -0.3 is 5.73 Å². The molecule has 0 amide bonds. The van der Waals surface area contributed by atoms with Crippen molar-refractivity contribution < 1.29 is 0 Å². The Hall–Kier alpha value is -0.980. The van der Waals surface area contributed by atoms with E-state index in [1.165, 1.54) is 44.1 Å². The van der Waals surface area contributed by atoms with Gasteiger partial charge in [-0.25, -0.2) is 0 Å². The molecule has 1 aliphatic carbocycles. The molecule has 1 aliphatic rings. The van der Waals surface area contributed by atoms with Gasteiger partial charge in [0.05, 0.1) is 0 Å². The number of nitrogen functional groups attached to an aromatic ring is 1. The third-order valence-corrected chi connectivity index (χ3v) is 3.55. The van der Waals surface area contributed by atoms with Crippen LogP contribution >= 0.6 is 0 Å². The van der Waals surface area contributed by atoms with E-state index in [4.69, 9.17) is 5.73 Å². The molecular weight excluding hydrogens is 182 g/mol. The van der Waals surface area contributed by atoms with Crippen LogP contribution in [0, 0.1) is 5.41 Å². The zero-order chi connectivity index (χ0) is 10.7. The lowest BCUT2D eigenvalue weighted by Gasteiger charge is -2.14. The molecule has 0 aromatic heterocycles. The van der Waals surface area contributed by atoms with Gasteiger partial charge in [0.25, 0.3) is 0 Å². The molecule has 1 nitrogen and oxygen atoms in total. The fourth-order valence-corrected chi connectivity index (χ4v) is 2.38. The summed E-state index contributed by atoms with van der Waals surface area (Å²) in [5, 5.41) is 0. The van der Waals surface area contributed by atoms with Crippen molar-refractivity contribution in [2.24, 2.45) is 5.41 Å². The first kappa shape index (κ1) is 10.5. The van der Waals surface area contributed by atoms with E-state index >= 15 is 0 Å². The monoisotopic (exact) mass is 203 g/mol.